The van der Waals surface area contributed by atoms with Crippen LogP contribution in [0.15, 0.2) is 12.1 Å². The molecule has 0 bridgehead atoms. The largest absolute Gasteiger partial charge is 0.396 e. The van der Waals surface area contributed by atoms with E-state index < -0.39 is 0 Å². The maximum atomic E-state index is 11.6. The molecule has 1 aliphatic rings. The lowest BCUT2D eigenvalue weighted by Gasteiger charge is -2.32. The molecular weight excluding hydrogens is 218 g/mol. The number of aromatic nitrogens is 1. The van der Waals surface area contributed by atoms with Crippen molar-refractivity contribution in [1.82, 2.24) is 9.88 Å². The van der Waals surface area contributed by atoms with E-state index in [2.05, 4.69) is 4.98 Å². The third kappa shape index (κ3) is 2.13. The number of amides is 1. The Morgan fingerprint density at radius 1 is 1.47 bits per heavy atom. The van der Waals surface area contributed by atoms with Gasteiger partial charge in [0.1, 0.15) is 11.9 Å². The van der Waals surface area contributed by atoms with Gasteiger partial charge in [0, 0.05) is 20.1 Å². The molecule has 0 spiro atoms. The van der Waals surface area contributed by atoms with Gasteiger partial charge in [0.2, 0.25) is 5.91 Å². The molecule has 1 amide bonds. The minimum atomic E-state index is 0.0494. The van der Waals surface area contributed by atoms with Gasteiger partial charge in [-0.3, -0.25) is 4.79 Å². The van der Waals surface area contributed by atoms with E-state index in [0.717, 1.165) is 0 Å². The maximum absolute atomic E-state index is 11.6. The molecule has 2 rings (SSSR count). The van der Waals surface area contributed by atoms with Crippen LogP contribution in [0, 0.1) is 11.3 Å². The van der Waals surface area contributed by atoms with Crippen molar-refractivity contribution in [2.45, 2.75) is 0 Å². The standard InChI is InChI=1S/C11H13N5O/c1-15-4-5-16(7-11(15)17)10-3-2-8(13)9(6-12)14-10/h2-3H,4-5,7,13H2,1H3. The molecule has 1 aliphatic heterocycles. The van der Waals surface area contributed by atoms with Crippen molar-refractivity contribution < 1.29 is 4.79 Å². The van der Waals surface area contributed by atoms with Crippen molar-refractivity contribution in [2.75, 3.05) is 37.3 Å². The monoisotopic (exact) mass is 231 g/mol. The molecule has 2 N–H and O–H groups in total. The van der Waals surface area contributed by atoms with Crippen LogP contribution in [0.3, 0.4) is 0 Å². The first-order chi connectivity index (χ1) is 8.11. The summed E-state index contributed by atoms with van der Waals surface area (Å²) >= 11 is 0. The Morgan fingerprint density at radius 2 is 2.24 bits per heavy atom. The predicted octanol–water partition coefficient (Wildman–Crippen LogP) is -0.186. The van der Waals surface area contributed by atoms with E-state index in [9.17, 15) is 4.79 Å². The molecule has 1 saturated heterocycles. The number of hydrogen-bond donors (Lipinski definition) is 1. The molecular formula is C11H13N5O. The van der Waals surface area contributed by atoms with E-state index in [-0.39, 0.29) is 18.1 Å². The van der Waals surface area contributed by atoms with Gasteiger partial charge >= 0.3 is 0 Å². The van der Waals surface area contributed by atoms with Crippen LogP contribution in [0.4, 0.5) is 11.5 Å². The topological polar surface area (TPSA) is 86.2 Å². The van der Waals surface area contributed by atoms with Crippen LogP contribution >= 0.6 is 0 Å². The summed E-state index contributed by atoms with van der Waals surface area (Å²) in [5, 5.41) is 8.85. The summed E-state index contributed by atoms with van der Waals surface area (Å²) in [6.45, 7) is 1.66. The summed E-state index contributed by atoms with van der Waals surface area (Å²) in [4.78, 5) is 19.2. The number of nitrogens with zero attached hydrogens (tertiary/aromatic N) is 4. The highest BCUT2D eigenvalue weighted by Gasteiger charge is 2.22. The van der Waals surface area contributed by atoms with Gasteiger partial charge in [-0.2, -0.15) is 5.26 Å². The van der Waals surface area contributed by atoms with E-state index >= 15 is 0 Å². The summed E-state index contributed by atoms with van der Waals surface area (Å²) in [5.74, 6) is 0.672. The Bertz CT molecular complexity index is 493. The van der Waals surface area contributed by atoms with Crippen LogP contribution in [0.5, 0.6) is 0 Å². The van der Waals surface area contributed by atoms with Crippen molar-refractivity contribution in [3.05, 3.63) is 17.8 Å². The molecule has 6 nitrogen and oxygen atoms in total. The van der Waals surface area contributed by atoms with Gasteiger partial charge in [0.25, 0.3) is 0 Å². The number of rotatable bonds is 1. The van der Waals surface area contributed by atoms with E-state index in [1.165, 1.54) is 0 Å². The van der Waals surface area contributed by atoms with Crippen molar-refractivity contribution in [2.24, 2.45) is 0 Å². The number of hydrogen-bond acceptors (Lipinski definition) is 5. The number of likely N-dealkylation sites (N-methyl/N-ethyl adjacent to an activating group) is 1. The van der Waals surface area contributed by atoms with E-state index in [1.807, 2.05) is 11.0 Å². The molecule has 2 heterocycles. The average Bonchev–Trinajstić information content (AvgIpc) is 2.33. The van der Waals surface area contributed by atoms with Crippen LogP contribution in [0.1, 0.15) is 5.69 Å². The highest BCUT2D eigenvalue weighted by molar-refractivity contribution is 5.82. The molecule has 6 heteroatoms. The summed E-state index contributed by atoms with van der Waals surface area (Å²) in [6, 6.07) is 5.31. The van der Waals surface area contributed by atoms with Gasteiger partial charge in [0.05, 0.1) is 12.2 Å². The molecule has 0 aliphatic carbocycles. The number of nitrogens with two attached hydrogens (primary N) is 1. The lowest BCUT2D eigenvalue weighted by molar-refractivity contribution is -0.129. The Labute approximate surface area is 99.2 Å². The Hall–Kier alpha value is -2.29. The van der Waals surface area contributed by atoms with Gasteiger partial charge in [0.15, 0.2) is 5.69 Å². The van der Waals surface area contributed by atoms with E-state index in [0.29, 0.717) is 24.6 Å². The molecule has 1 fully saturated rings. The Balaban J connectivity index is 2.24. The van der Waals surface area contributed by atoms with Gasteiger partial charge in [-0.05, 0) is 12.1 Å². The second-order valence-electron chi connectivity index (χ2n) is 3.96. The minimum Gasteiger partial charge on any atom is -0.396 e. The highest BCUT2D eigenvalue weighted by atomic mass is 16.2. The predicted molar refractivity (Wildman–Crippen MR) is 63.2 cm³/mol. The zero-order chi connectivity index (χ0) is 12.4. The zero-order valence-electron chi connectivity index (χ0n) is 9.55. The number of anilines is 2. The maximum Gasteiger partial charge on any atom is 0.241 e. The molecule has 0 unspecified atom stereocenters. The van der Waals surface area contributed by atoms with Crippen LogP contribution in [-0.4, -0.2) is 42.5 Å². The van der Waals surface area contributed by atoms with Gasteiger partial charge in [-0.25, -0.2) is 4.98 Å². The number of carbonyl (C=O) groups is 1. The second-order valence-corrected chi connectivity index (χ2v) is 3.96. The smallest absolute Gasteiger partial charge is 0.241 e. The summed E-state index contributed by atoms with van der Waals surface area (Å²) in [6.07, 6.45) is 0. The summed E-state index contributed by atoms with van der Waals surface area (Å²) in [7, 11) is 1.77. The van der Waals surface area contributed by atoms with Crippen molar-refractivity contribution in [1.29, 1.82) is 5.26 Å². The molecule has 0 atom stereocenters. The third-order valence-electron chi connectivity index (χ3n) is 2.80. The first kappa shape index (κ1) is 11.2. The Kier molecular flexibility index (Phi) is 2.83. The number of pyridine rings is 1. The molecule has 1 aromatic heterocycles. The average molecular weight is 231 g/mol. The molecule has 1 aromatic rings. The number of nitriles is 1. The first-order valence-corrected chi connectivity index (χ1v) is 5.27. The van der Waals surface area contributed by atoms with Crippen LogP contribution in [-0.2, 0) is 4.79 Å². The fourth-order valence-corrected chi connectivity index (χ4v) is 1.68. The fraction of sp³-hybridized carbons (Fsp3) is 0.364. The minimum absolute atomic E-state index is 0.0494. The lowest BCUT2D eigenvalue weighted by atomic mass is 10.2. The number of carbonyl (C=O) groups excluding carboxylic acids is 1. The van der Waals surface area contributed by atoms with Gasteiger partial charge < -0.3 is 15.5 Å². The van der Waals surface area contributed by atoms with Crippen molar-refractivity contribution in [3.8, 4) is 6.07 Å². The first-order valence-electron chi connectivity index (χ1n) is 5.27. The molecule has 17 heavy (non-hydrogen) atoms. The number of nitrogen functional groups attached to an aromatic ring is 1. The summed E-state index contributed by atoms with van der Waals surface area (Å²) in [5.41, 5.74) is 6.16. The molecule has 88 valence electrons. The number of piperazine rings is 1. The molecule has 0 saturated carbocycles. The third-order valence-corrected chi connectivity index (χ3v) is 2.80. The van der Waals surface area contributed by atoms with E-state index in [1.54, 1.807) is 24.1 Å². The van der Waals surface area contributed by atoms with Gasteiger partial charge in [-0.1, -0.05) is 0 Å². The van der Waals surface area contributed by atoms with Crippen molar-refractivity contribution >= 4 is 17.4 Å². The van der Waals surface area contributed by atoms with Crippen LogP contribution in [0.25, 0.3) is 0 Å². The zero-order valence-corrected chi connectivity index (χ0v) is 9.55. The van der Waals surface area contributed by atoms with Crippen molar-refractivity contribution in [3.63, 3.8) is 0 Å². The lowest BCUT2D eigenvalue weighted by Crippen LogP contribution is -2.48. The van der Waals surface area contributed by atoms with Gasteiger partial charge in [-0.15, -0.1) is 0 Å². The van der Waals surface area contributed by atoms with Crippen LogP contribution < -0.4 is 10.6 Å². The normalized spacial score (nSPS) is 15.9. The molecule has 0 aromatic carbocycles. The fourth-order valence-electron chi connectivity index (χ4n) is 1.68. The second kappa shape index (κ2) is 4.29. The molecule has 0 radical (unpaired) electrons. The Morgan fingerprint density at radius 3 is 2.88 bits per heavy atom. The summed E-state index contributed by atoms with van der Waals surface area (Å²) < 4.78 is 0. The quantitative estimate of drug-likeness (QED) is 0.724. The van der Waals surface area contributed by atoms with E-state index in [4.69, 9.17) is 11.0 Å². The SMILES string of the molecule is CN1CCN(c2ccc(N)c(C#N)n2)CC1=O. The van der Waals surface area contributed by atoms with Crippen LogP contribution in [0.2, 0.25) is 0 Å². The highest BCUT2D eigenvalue weighted by Crippen LogP contribution is 2.17.